The minimum Gasteiger partial charge on any atom is -0.481 e. The highest BCUT2D eigenvalue weighted by molar-refractivity contribution is 5.76. The van der Waals surface area contributed by atoms with Crippen LogP contribution in [0.5, 0.6) is 0 Å². The molecule has 0 amide bonds. The molecule has 0 radical (unpaired) electrons. The number of carbonyl (C=O) groups is 1. The van der Waals surface area contributed by atoms with Crippen molar-refractivity contribution in [2.45, 2.75) is 154 Å². The summed E-state index contributed by atoms with van der Waals surface area (Å²) in [5, 5.41) is 84.5. The third-order valence-corrected chi connectivity index (χ3v) is 16.3. The first-order chi connectivity index (χ1) is 22.3. The van der Waals surface area contributed by atoms with Crippen molar-refractivity contribution in [3.8, 4) is 0 Å². The summed E-state index contributed by atoms with van der Waals surface area (Å²) in [5.74, 6) is -0.259. The Morgan fingerprint density at radius 2 is 1.58 bits per heavy atom. The Kier molecular flexibility index (Phi) is 9.29. The average Bonchev–Trinajstić information content (AvgIpc) is 3.63. The minimum atomic E-state index is -1.66. The van der Waals surface area contributed by atoms with Crippen molar-refractivity contribution in [3.05, 3.63) is 0 Å². The van der Waals surface area contributed by atoms with Crippen LogP contribution in [0.1, 0.15) is 106 Å². The number of rotatable bonds is 10. The van der Waals surface area contributed by atoms with E-state index < -0.39 is 71.9 Å². The zero-order chi connectivity index (χ0) is 35.4. The van der Waals surface area contributed by atoms with E-state index in [1.165, 1.54) is 0 Å². The van der Waals surface area contributed by atoms with Crippen molar-refractivity contribution in [3.63, 3.8) is 0 Å². The molecule has 0 aromatic heterocycles. The Hall–Kier alpha value is -0.890. The number of aliphatic carboxylic acids is 1. The van der Waals surface area contributed by atoms with E-state index in [1.807, 2.05) is 0 Å². The lowest BCUT2D eigenvalue weighted by Gasteiger charge is -2.64. The summed E-state index contributed by atoms with van der Waals surface area (Å²) >= 11 is 0. The summed E-state index contributed by atoms with van der Waals surface area (Å²) in [4.78, 5) is 13.3. The van der Waals surface area contributed by atoms with Crippen LogP contribution < -0.4 is 0 Å². The van der Waals surface area contributed by atoms with Gasteiger partial charge in [0.15, 0.2) is 6.29 Å². The van der Waals surface area contributed by atoms with Crippen molar-refractivity contribution < 1.29 is 55.1 Å². The summed E-state index contributed by atoms with van der Waals surface area (Å²) in [6, 6.07) is 0. The lowest BCUT2D eigenvalue weighted by atomic mass is 9.41. The minimum absolute atomic E-state index is 0.0320. The molecule has 1 saturated heterocycles. The molecule has 6 rings (SSSR count). The molecule has 8 N–H and O–H groups in total. The molecule has 2 spiro atoms. The summed E-state index contributed by atoms with van der Waals surface area (Å²) in [6.45, 7) is 11.9. The van der Waals surface area contributed by atoms with Crippen LogP contribution >= 0.6 is 0 Å². The molecular formula is C37H62O11. The predicted octanol–water partition coefficient (Wildman–Crippen LogP) is 2.44. The van der Waals surface area contributed by atoms with Gasteiger partial charge >= 0.3 is 5.97 Å². The molecule has 0 unspecified atom stereocenters. The quantitative estimate of drug-likeness (QED) is 0.158. The molecule has 1 aliphatic heterocycles. The molecule has 5 aliphatic carbocycles. The van der Waals surface area contributed by atoms with Gasteiger partial charge in [-0.2, -0.15) is 0 Å². The van der Waals surface area contributed by atoms with Crippen LogP contribution in [-0.2, 0) is 14.3 Å². The van der Waals surface area contributed by atoms with Crippen molar-refractivity contribution >= 4 is 5.97 Å². The van der Waals surface area contributed by atoms with Gasteiger partial charge in [0.25, 0.3) is 0 Å². The first kappa shape index (κ1) is 36.9. The lowest BCUT2D eigenvalue weighted by molar-refractivity contribution is -0.330. The lowest BCUT2D eigenvalue weighted by Crippen LogP contribution is -2.66. The molecule has 11 heteroatoms. The third-order valence-electron chi connectivity index (χ3n) is 16.3. The average molecular weight is 683 g/mol. The second kappa shape index (κ2) is 12.1. The van der Waals surface area contributed by atoms with E-state index in [2.05, 4.69) is 20.8 Å². The van der Waals surface area contributed by atoms with Gasteiger partial charge in [0, 0.05) is 24.4 Å². The van der Waals surface area contributed by atoms with Gasteiger partial charge in [-0.3, -0.25) is 4.79 Å². The Bertz CT molecular complexity index is 1220. The Balaban J connectivity index is 1.24. The Morgan fingerprint density at radius 1 is 0.917 bits per heavy atom. The molecule has 276 valence electrons. The first-order valence-electron chi connectivity index (χ1n) is 18.5. The van der Waals surface area contributed by atoms with Gasteiger partial charge in [-0.15, -0.1) is 0 Å². The van der Waals surface area contributed by atoms with Crippen LogP contribution in [0.25, 0.3) is 0 Å². The molecule has 0 bridgehead atoms. The number of fused-ring (bicyclic) bond motifs is 2. The molecule has 5 saturated carbocycles. The highest BCUT2D eigenvalue weighted by atomic mass is 16.7. The van der Waals surface area contributed by atoms with Crippen LogP contribution in [0.4, 0.5) is 0 Å². The summed E-state index contributed by atoms with van der Waals surface area (Å²) in [5.41, 5.74) is -2.91. The van der Waals surface area contributed by atoms with Crippen LogP contribution in [-0.4, -0.2) is 109 Å². The second-order valence-electron chi connectivity index (χ2n) is 18.3. The first-order valence-corrected chi connectivity index (χ1v) is 18.5. The molecule has 11 nitrogen and oxygen atoms in total. The molecule has 0 aromatic rings. The normalized spacial score (nSPS) is 52.8. The van der Waals surface area contributed by atoms with Gasteiger partial charge in [-0.05, 0) is 118 Å². The summed E-state index contributed by atoms with van der Waals surface area (Å²) in [6.07, 6.45) is -1.12. The Labute approximate surface area is 285 Å². The van der Waals surface area contributed by atoms with Gasteiger partial charge in [0.05, 0.1) is 29.8 Å². The number of carboxylic acids is 1. The van der Waals surface area contributed by atoms with E-state index >= 15 is 0 Å². The summed E-state index contributed by atoms with van der Waals surface area (Å²) in [7, 11) is 0. The maximum atomic E-state index is 13.3. The fraction of sp³-hybridized carbons (Fsp3) is 0.973. The molecule has 6 fully saturated rings. The van der Waals surface area contributed by atoms with Crippen molar-refractivity contribution in [1.82, 2.24) is 0 Å². The van der Waals surface area contributed by atoms with E-state index in [0.29, 0.717) is 24.2 Å². The Morgan fingerprint density at radius 3 is 2.19 bits per heavy atom. The molecule has 0 aromatic carbocycles. The fourth-order valence-electron chi connectivity index (χ4n) is 13.2. The van der Waals surface area contributed by atoms with E-state index in [9.17, 15) is 45.6 Å². The highest BCUT2D eigenvalue weighted by Gasteiger charge is 2.86. The number of ether oxygens (including phenoxy) is 2. The van der Waals surface area contributed by atoms with Crippen molar-refractivity contribution in [1.29, 1.82) is 0 Å². The zero-order valence-corrected chi connectivity index (χ0v) is 29.7. The fourth-order valence-corrected chi connectivity index (χ4v) is 13.2. The largest absolute Gasteiger partial charge is 0.481 e. The van der Waals surface area contributed by atoms with Crippen molar-refractivity contribution in [2.24, 2.45) is 56.7 Å². The SMILES string of the molecule is C[C@H](CC[C@H](CO)C(C)(C)O)[C@H]1CC[C@@]2(C)[C@H]3CC[C@H]4[C@](C)(C(=O)O)[C@@H](O[C@@H]5O[C@H](CO)[C@@H](O)[C@H](O)[C@H]5O)C[C@H](O)[C@@]45C[C@@]35CC[C@]12C. The maximum absolute atomic E-state index is 13.3. The number of aliphatic hydroxyl groups excluding tert-OH is 6. The topological polar surface area (TPSA) is 197 Å². The van der Waals surface area contributed by atoms with Crippen LogP contribution in [0.3, 0.4) is 0 Å². The maximum Gasteiger partial charge on any atom is 0.312 e. The predicted molar refractivity (Wildman–Crippen MR) is 174 cm³/mol. The van der Waals surface area contributed by atoms with E-state index in [0.717, 1.165) is 51.4 Å². The molecule has 1 heterocycles. The van der Waals surface area contributed by atoms with Crippen molar-refractivity contribution in [2.75, 3.05) is 13.2 Å². The number of aliphatic hydroxyl groups is 7. The number of hydrogen-bond donors (Lipinski definition) is 8. The van der Waals surface area contributed by atoms with Gasteiger partial charge in [-0.1, -0.05) is 20.8 Å². The van der Waals surface area contributed by atoms with Crippen LogP contribution in [0.15, 0.2) is 0 Å². The van der Waals surface area contributed by atoms with Gasteiger partial charge in [-0.25, -0.2) is 0 Å². The zero-order valence-electron chi connectivity index (χ0n) is 29.7. The van der Waals surface area contributed by atoms with Gasteiger partial charge in [0.1, 0.15) is 24.4 Å². The van der Waals surface area contributed by atoms with E-state index in [1.54, 1.807) is 20.8 Å². The smallest absolute Gasteiger partial charge is 0.312 e. The molecule has 48 heavy (non-hydrogen) atoms. The number of carboxylic acid groups (broad SMARTS) is 1. The molecule has 17 atom stereocenters. The monoisotopic (exact) mass is 682 g/mol. The third kappa shape index (κ3) is 4.88. The molecule has 6 aliphatic rings. The second-order valence-corrected chi connectivity index (χ2v) is 18.3. The van der Waals surface area contributed by atoms with Crippen LogP contribution in [0, 0.1) is 56.7 Å². The summed E-state index contributed by atoms with van der Waals surface area (Å²) < 4.78 is 11.8. The van der Waals surface area contributed by atoms with E-state index in [4.69, 9.17) is 9.47 Å². The molecular weight excluding hydrogens is 620 g/mol. The number of hydrogen-bond acceptors (Lipinski definition) is 10. The standard InChI is InChI=1S/C37H62O11/c1-19(7-8-20(16-38)32(2,3)46)21-11-12-34(5)23-9-10-24-35(6,31(44)45)26(48-30-29(43)28(42)27(41)22(17-39)47-30)15-25(40)37(24)18-36(23,37)14-13-33(21,34)4/h19-30,38-43,46H,7-18H2,1-6H3,(H,44,45)/t19-,20-,21-,22-,23-,24+,25+,26+,27-,28+,29-,30+,33-,34+,35+,36+,37-/m1/s1. The van der Waals surface area contributed by atoms with Crippen LogP contribution in [0.2, 0.25) is 0 Å². The van der Waals surface area contributed by atoms with Gasteiger partial charge in [0.2, 0.25) is 0 Å². The van der Waals surface area contributed by atoms with E-state index in [-0.39, 0.29) is 41.1 Å². The van der Waals surface area contributed by atoms with Gasteiger partial charge < -0.3 is 50.3 Å². The highest BCUT2D eigenvalue weighted by Crippen LogP contribution is 2.89.